The Labute approximate surface area is 134 Å². The molecular weight excluding hydrogens is 303 g/mol. The van der Waals surface area contributed by atoms with Crippen LogP contribution in [0.3, 0.4) is 0 Å². The van der Waals surface area contributed by atoms with Crippen molar-refractivity contribution in [2.24, 2.45) is 0 Å². The second-order valence-electron chi connectivity index (χ2n) is 6.13. The highest BCUT2D eigenvalue weighted by molar-refractivity contribution is 5.92. The second kappa shape index (κ2) is 7.71. The number of amides is 2. The first kappa shape index (κ1) is 18.6. The second-order valence-corrected chi connectivity index (χ2v) is 6.13. The smallest absolute Gasteiger partial charge is 0.338 e. The Balaban J connectivity index is 2.45. The van der Waals surface area contributed by atoms with Crippen molar-refractivity contribution < 1.29 is 23.5 Å². The van der Waals surface area contributed by atoms with E-state index in [0.717, 1.165) is 12.1 Å². The van der Waals surface area contributed by atoms with Gasteiger partial charge in [-0.2, -0.15) is 0 Å². The molecule has 6 nitrogen and oxygen atoms in total. The lowest BCUT2D eigenvalue weighted by molar-refractivity contribution is -0.137. The highest BCUT2D eigenvalue weighted by atomic mass is 19.1. The van der Waals surface area contributed by atoms with Crippen LogP contribution in [0.15, 0.2) is 24.3 Å². The fourth-order valence-electron chi connectivity index (χ4n) is 1.67. The van der Waals surface area contributed by atoms with Gasteiger partial charge in [-0.05, 0) is 45.0 Å². The van der Waals surface area contributed by atoms with Crippen LogP contribution in [0.2, 0.25) is 0 Å². The summed E-state index contributed by atoms with van der Waals surface area (Å²) in [5.74, 6) is -2.02. The van der Waals surface area contributed by atoms with E-state index in [0.29, 0.717) is 0 Å². The molecule has 1 aromatic rings. The van der Waals surface area contributed by atoms with Gasteiger partial charge in [0.2, 0.25) is 5.91 Å². The molecule has 0 fully saturated rings. The predicted molar refractivity (Wildman–Crippen MR) is 82.2 cm³/mol. The van der Waals surface area contributed by atoms with Crippen molar-refractivity contribution >= 4 is 17.8 Å². The van der Waals surface area contributed by atoms with E-state index in [-0.39, 0.29) is 18.0 Å². The molecule has 1 aromatic carbocycles. The molecule has 0 aromatic heterocycles. The molecule has 0 radical (unpaired) electrons. The lowest BCUT2D eigenvalue weighted by Gasteiger charge is -2.23. The molecule has 0 unspecified atom stereocenters. The van der Waals surface area contributed by atoms with Crippen LogP contribution >= 0.6 is 0 Å². The van der Waals surface area contributed by atoms with Gasteiger partial charge >= 0.3 is 5.97 Å². The third-order valence-corrected chi connectivity index (χ3v) is 2.73. The summed E-state index contributed by atoms with van der Waals surface area (Å²) in [7, 11) is 1.44. The van der Waals surface area contributed by atoms with E-state index in [9.17, 15) is 18.8 Å². The third kappa shape index (κ3) is 6.90. The highest BCUT2D eigenvalue weighted by Crippen LogP contribution is 2.05. The molecule has 7 heteroatoms. The molecule has 0 aliphatic heterocycles. The Bertz CT molecular complexity index is 579. The van der Waals surface area contributed by atoms with Crippen molar-refractivity contribution in [1.82, 2.24) is 10.2 Å². The number of halogens is 1. The predicted octanol–water partition coefficient (Wildman–Crippen LogP) is 1.36. The zero-order valence-electron chi connectivity index (χ0n) is 13.7. The van der Waals surface area contributed by atoms with Crippen molar-refractivity contribution in [2.75, 3.05) is 20.2 Å². The number of nitrogens with one attached hydrogen (secondary N) is 1. The topological polar surface area (TPSA) is 75.7 Å². The van der Waals surface area contributed by atoms with E-state index in [2.05, 4.69) is 5.32 Å². The lowest BCUT2D eigenvalue weighted by Crippen LogP contribution is -2.46. The number of esters is 1. The fraction of sp³-hybridized carbons (Fsp3) is 0.438. The minimum absolute atomic E-state index is 0.135. The van der Waals surface area contributed by atoms with Gasteiger partial charge in [-0.3, -0.25) is 9.59 Å². The van der Waals surface area contributed by atoms with E-state index in [1.54, 1.807) is 0 Å². The van der Waals surface area contributed by atoms with Gasteiger partial charge in [0.25, 0.3) is 5.91 Å². The van der Waals surface area contributed by atoms with E-state index in [1.807, 2.05) is 20.8 Å². The van der Waals surface area contributed by atoms with Gasteiger partial charge in [0.05, 0.1) is 12.1 Å². The number of nitrogens with zero attached hydrogens (tertiary/aromatic N) is 1. The molecule has 0 bridgehead atoms. The van der Waals surface area contributed by atoms with Crippen molar-refractivity contribution in [3.8, 4) is 0 Å². The van der Waals surface area contributed by atoms with Crippen LogP contribution in [-0.2, 0) is 14.3 Å². The van der Waals surface area contributed by atoms with E-state index >= 15 is 0 Å². The molecule has 0 heterocycles. The van der Waals surface area contributed by atoms with Gasteiger partial charge in [-0.25, -0.2) is 9.18 Å². The number of hydrogen-bond acceptors (Lipinski definition) is 4. The Kier molecular flexibility index (Phi) is 6.24. The van der Waals surface area contributed by atoms with Crippen LogP contribution < -0.4 is 5.32 Å². The molecule has 0 saturated heterocycles. The number of likely N-dealkylation sites (N-methyl/N-ethyl adjacent to an activating group) is 1. The van der Waals surface area contributed by atoms with Crippen molar-refractivity contribution in [3.05, 3.63) is 35.6 Å². The molecule has 1 N–H and O–H groups in total. The van der Waals surface area contributed by atoms with Crippen LogP contribution in [0.1, 0.15) is 31.1 Å². The van der Waals surface area contributed by atoms with Crippen LogP contribution in [0.4, 0.5) is 4.39 Å². The third-order valence-electron chi connectivity index (χ3n) is 2.73. The van der Waals surface area contributed by atoms with Gasteiger partial charge in [0.15, 0.2) is 6.61 Å². The van der Waals surface area contributed by atoms with E-state index in [1.165, 1.54) is 24.1 Å². The summed E-state index contributed by atoms with van der Waals surface area (Å²) in [5, 5.41) is 2.72. The summed E-state index contributed by atoms with van der Waals surface area (Å²) >= 11 is 0. The normalized spacial score (nSPS) is 10.8. The molecule has 0 atom stereocenters. The first-order valence-electron chi connectivity index (χ1n) is 7.06. The summed E-state index contributed by atoms with van der Waals surface area (Å²) in [4.78, 5) is 36.4. The van der Waals surface area contributed by atoms with Crippen LogP contribution in [-0.4, -0.2) is 48.4 Å². The van der Waals surface area contributed by atoms with Crippen LogP contribution in [0.5, 0.6) is 0 Å². The maximum atomic E-state index is 12.8. The number of hydrogen-bond donors (Lipinski definition) is 1. The lowest BCUT2D eigenvalue weighted by atomic mass is 10.1. The van der Waals surface area contributed by atoms with Crippen molar-refractivity contribution in [3.63, 3.8) is 0 Å². The Hall–Kier alpha value is -2.44. The first-order chi connectivity index (χ1) is 10.6. The van der Waals surface area contributed by atoms with Gasteiger partial charge in [0.1, 0.15) is 5.82 Å². The number of carbonyl (C=O) groups excluding carboxylic acids is 3. The van der Waals surface area contributed by atoms with Crippen LogP contribution in [0, 0.1) is 5.82 Å². The number of benzene rings is 1. The maximum absolute atomic E-state index is 12.8. The summed E-state index contributed by atoms with van der Waals surface area (Å²) < 4.78 is 17.6. The summed E-state index contributed by atoms with van der Waals surface area (Å²) in [6, 6.07) is 4.79. The fourth-order valence-corrected chi connectivity index (χ4v) is 1.67. The summed E-state index contributed by atoms with van der Waals surface area (Å²) in [5.41, 5.74) is -0.247. The molecule has 0 spiro atoms. The quantitative estimate of drug-likeness (QED) is 0.830. The van der Waals surface area contributed by atoms with Crippen LogP contribution in [0.25, 0.3) is 0 Å². The molecule has 126 valence electrons. The Morgan fingerprint density at radius 2 is 1.74 bits per heavy atom. The standard InChI is InChI=1S/C16H21FN2O4/c1-16(2,3)18-13(20)9-19(4)14(21)10-23-15(22)11-5-7-12(17)8-6-11/h5-8H,9-10H2,1-4H3,(H,18,20). The molecule has 0 aliphatic rings. The number of ether oxygens (including phenoxy) is 1. The number of rotatable bonds is 5. The minimum Gasteiger partial charge on any atom is -0.452 e. The van der Waals surface area contributed by atoms with Crippen molar-refractivity contribution in [2.45, 2.75) is 26.3 Å². The zero-order chi connectivity index (χ0) is 17.6. The van der Waals surface area contributed by atoms with Gasteiger partial charge in [-0.15, -0.1) is 0 Å². The zero-order valence-corrected chi connectivity index (χ0v) is 13.7. The average molecular weight is 324 g/mol. The number of carbonyl (C=O) groups is 3. The largest absolute Gasteiger partial charge is 0.452 e. The van der Waals surface area contributed by atoms with Crippen molar-refractivity contribution in [1.29, 1.82) is 0 Å². The minimum atomic E-state index is -0.731. The van der Waals surface area contributed by atoms with E-state index < -0.39 is 29.8 Å². The highest BCUT2D eigenvalue weighted by Gasteiger charge is 2.19. The molecule has 23 heavy (non-hydrogen) atoms. The molecule has 2 amide bonds. The summed E-state index contributed by atoms with van der Waals surface area (Å²) in [6.45, 7) is 4.87. The molecule has 1 rings (SSSR count). The average Bonchev–Trinajstić information content (AvgIpc) is 2.42. The van der Waals surface area contributed by atoms with Gasteiger partial charge in [0, 0.05) is 12.6 Å². The van der Waals surface area contributed by atoms with Gasteiger partial charge < -0.3 is 15.0 Å². The monoisotopic (exact) mass is 324 g/mol. The molecule has 0 saturated carbocycles. The Morgan fingerprint density at radius 1 is 1.17 bits per heavy atom. The van der Waals surface area contributed by atoms with E-state index in [4.69, 9.17) is 4.74 Å². The summed E-state index contributed by atoms with van der Waals surface area (Å²) in [6.07, 6.45) is 0. The molecular formula is C16H21FN2O4. The molecule has 0 aliphatic carbocycles. The van der Waals surface area contributed by atoms with Gasteiger partial charge in [-0.1, -0.05) is 0 Å². The Morgan fingerprint density at radius 3 is 2.26 bits per heavy atom. The SMILES string of the molecule is CN(CC(=O)NC(C)(C)C)C(=O)COC(=O)c1ccc(F)cc1. The maximum Gasteiger partial charge on any atom is 0.338 e. The first-order valence-corrected chi connectivity index (χ1v) is 7.06.